The first-order valence-corrected chi connectivity index (χ1v) is 5.48. The second-order valence-corrected chi connectivity index (χ2v) is 4.05. The smallest absolute Gasteiger partial charge is 0.416 e. The maximum atomic E-state index is 12.4. The summed E-state index contributed by atoms with van der Waals surface area (Å²) in [6.07, 6.45) is -2.80. The number of carbonyl (C=O) groups excluding carboxylic acids is 1. The van der Waals surface area contributed by atoms with Crippen molar-refractivity contribution >= 4 is 5.78 Å². The third-order valence-corrected chi connectivity index (χ3v) is 2.54. The van der Waals surface area contributed by atoms with Gasteiger partial charge in [0, 0.05) is 13.3 Å². The molecule has 1 aromatic heterocycles. The van der Waals surface area contributed by atoms with Gasteiger partial charge in [-0.05, 0) is 17.7 Å². The summed E-state index contributed by atoms with van der Waals surface area (Å²) < 4.78 is 42.3. The van der Waals surface area contributed by atoms with Crippen LogP contribution in [-0.4, -0.2) is 10.8 Å². The van der Waals surface area contributed by atoms with Crippen LogP contribution < -0.4 is 0 Å². The monoisotopic (exact) mass is 269 g/mol. The number of ketones is 1. The summed E-state index contributed by atoms with van der Waals surface area (Å²) in [6, 6.07) is 4.73. The zero-order valence-electron chi connectivity index (χ0n) is 9.99. The molecule has 0 atom stereocenters. The number of alkyl halides is 3. The summed E-state index contributed by atoms with van der Waals surface area (Å²) in [7, 11) is 0. The van der Waals surface area contributed by atoms with E-state index in [2.05, 4.69) is 4.98 Å². The number of aromatic nitrogens is 1. The van der Waals surface area contributed by atoms with E-state index < -0.39 is 11.7 Å². The van der Waals surface area contributed by atoms with Gasteiger partial charge in [0.25, 0.3) is 0 Å². The zero-order valence-corrected chi connectivity index (χ0v) is 9.99. The van der Waals surface area contributed by atoms with Crippen LogP contribution >= 0.6 is 0 Å². The second kappa shape index (κ2) is 4.87. The average Bonchev–Trinajstić information content (AvgIpc) is 2.77. The SMILES string of the molecule is CC(=O)c1cnc(Cc2ccc(C(F)(F)F)cc2)o1. The van der Waals surface area contributed by atoms with Gasteiger partial charge in [0.05, 0.1) is 11.8 Å². The summed E-state index contributed by atoms with van der Waals surface area (Å²) in [5.74, 6) is 0.193. The number of rotatable bonds is 3. The fourth-order valence-corrected chi connectivity index (χ4v) is 1.54. The Bertz CT molecular complexity index is 585. The molecule has 0 saturated heterocycles. The quantitative estimate of drug-likeness (QED) is 0.801. The Balaban J connectivity index is 2.13. The van der Waals surface area contributed by atoms with Crippen molar-refractivity contribution in [3.05, 3.63) is 53.2 Å². The minimum absolute atomic E-state index is 0.141. The number of hydrogen-bond donors (Lipinski definition) is 0. The highest BCUT2D eigenvalue weighted by Gasteiger charge is 2.29. The minimum Gasteiger partial charge on any atom is -0.437 e. The zero-order chi connectivity index (χ0) is 14.0. The Morgan fingerprint density at radius 2 is 1.89 bits per heavy atom. The molecule has 2 aromatic rings. The molecule has 19 heavy (non-hydrogen) atoms. The number of benzene rings is 1. The van der Waals surface area contributed by atoms with Crippen molar-refractivity contribution in [1.29, 1.82) is 0 Å². The van der Waals surface area contributed by atoms with Gasteiger partial charge in [0.15, 0.2) is 17.4 Å². The lowest BCUT2D eigenvalue weighted by Crippen LogP contribution is -2.04. The van der Waals surface area contributed by atoms with Crippen LogP contribution in [0.15, 0.2) is 34.9 Å². The van der Waals surface area contributed by atoms with Crippen LogP contribution in [-0.2, 0) is 12.6 Å². The Hall–Kier alpha value is -2.11. The molecule has 0 bridgehead atoms. The Morgan fingerprint density at radius 1 is 1.26 bits per heavy atom. The van der Waals surface area contributed by atoms with Crippen molar-refractivity contribution in [2.75, 3.05) is 0 Å². The fraction of sp³-hybridized carbons (Fsp3) is 0.231. The number of halogens is 3. The maximum Gasteiger partial charge on any atom is 0.416 e. The van der Waals surface area contributed by atoms with E-state index in [1.165, 1.54) is 25.3 Å². The van der Waals surface area contributed by atoms with Crippen molar-refractivity contribution in [3.8, 4) is 0 Å². The molecule has 0 unspecified atom stereocenters. The first-order chi connectivity index (χ1) is 8.86. The third kappa shape index (κ3) is 3.21. The highest BCUT2D eigenvalue weighted by molar-refractivity contribution is 5.90. The molecule has 100 valence electrons. The highest BCUT2D eigenvalue weighted by Crippen LogP contribution is 2.29. The van der Waals surface area contributed by atoms with Crippen molar-refractivity contribution in [3.63, 3.8) is 0 Å². The van der Waals surface area contributed by atoms with Crippen LogP contribution in [0.4, 0.5) is 13.2 Å². The molecule has 0 N–H and O–H groups in total. The molecule has 0 aliphatic carbocycles. The molecule has 2 rings (SSSR count). The van der Waals surface area contributed by atoms with Crippen LogP contribution in [0.5, 0.6) is 0 Å². The number of Topliss-reactive ketones (excluding diaryl/α,β-unsaturated/α-hetero) is 1. The van der Waals surface area contributed by atoms with Crippen molar-refractivity contribution in [2.24, 2.45) is 0 Å². The Labute approximate surface area is 107 Å². The minimum atomic E-state index is -4.34. The van der Waals surface area contributed by atoms with Crippen molar-refractivity contribution in [1.82, 2.24) is 4.98 Å². The standard InChI is InChI=1S/C13H10F3NO2/c1-8(18)11-7-17-12(19-11)6-9-2-4-10(5-3-9)13(14,15)16/h2-5,7H,6H2,1H3. The molecule has 0 saturated carbocycles. The van der Waals surface area contributed by atoms with Gasteiger partial charge in [-0.2, -0.15) is 13.2 Å². The van der Waals surface area contributed by atoms with Crippen LogP contribution in [0.25, 0.3) is 0 Å². The Kier molecular flexibility index (Phi) is 3.42. The summed E-state index contributed by atoms with van der Waals surface area (Å²) in [5, 5.41) is 0. The molecule has 0 aliphatic rings. The predicted molar refractivity (Wildman–Crippen MR) is 60.8 cm³/mol. The number of oxazole rings is 1. The lowest BCUT2D eigenvalue weighted by Gasteiger charge is -2.06. The molecule has 6 heteroatoms. The van der Waals surface area contributed by atoms with Gasteiger partial charge >= 0.3 is 6.18 Å². The average molecular weight is 269 g/mol. The van der Waals surface area contributed by atoms with E-state index in [9.17, 15) is 18.0 Å². The normalized spacial score (nSPS) is 11.6. The van der Waals surface area contributed by atoms with Crippen molar-refractivity contribution < 1.29 is 22.4 Å². The fourth-order valence-electron chi connectivity index (χ4n) is 1.54. The van der Waals surface area contributed by atoms with Crippen molar-refractivity contribution in [2.45, 2.75) is 19.5 Å². The topological polar surface area (TPSA) is 43.1 Å². The van der Waals surface area contributed by atoms with E-state index in [0.29, 0.717) is 11.5 Å². The molecular weight excluding hydrogens is 259 g/mol. The molecule has 0 amide bonds. The lowest BCUT2D eigenvalue weighted by atomic mass is 10.1. The molecule has 0 aliphatic heterocycles. The molecule has 1 heterocycles. The highest BCUT2D eigenvalue weighted by atomic mass is 19.4. The van der Waals surface area contributed by atoms with Gasteiger partial charge < -0.3 is 4.42 Å². The molecule has 0 fully saturated rings. The maximum absolute atomic E-state index is 12.4. The molecular formula is C13H10F3NO2. The van der Waals surface area contributed by atoms with E-state index in [1.54, 1.807) is 0 Å². The first kappa shape index (κ1) is 13.3. The number of carbonyl (C=O) groups is 1. The predicted octanol–water partition coefficient (Wildman–Crippen LogP) is 3.49. The van der Waals surface area contributed by atoms with E-state index >= 15 is 0 Å². The third-order valence-electron chi connectivity index (χ3n) is 2.54. The van der Waals surface area contributed by atoms with Gasteiger partial charge in [-0.1, -0.05) is 12.1 Å². The van der Waals surface area contributed by atoms with Gasteiger partial charge in [0.2, 0.25) is 0 Å². The number of nitrogens with zero attached hydrogens (tertiary/aromatic N) is 1. The lowest BCUT2D eigenvalue weighted by molar-refractivity contribution is -0.137. The van der Waals surface area contributed by atoms with Gasteiger partial charge in [-0.3, -0.25) is 4.79 Å². The van der Waals surface area contributed by atoms with Crippen LogP contribution in [0.3, 0.4) is 0 Å². The molecule has 3 nitrogen and oxygen atoms in total. The van der Waals surface area contributed by atoms with Crippen LogP contribution in [0.1, 0.15) is 34.5 Å². The van der Waals surface area contributed by atoms with E-state index in [4.69, 9.17) is 4.42 Å². The molecule has 1 aromatic carbocycles. The summed E-state index contributed by atoms with van der Waals surface area (Å²) in [6.45, 7) is 1.35. The van der Waals surface area contributed by atoms with E-state index in [-0.39, 0.29) is 18.0 Å². The van der Waals surface area contributed by atoms with Gasteiger partial charge in [-0.25, -0.2) is 4.98 Å². The van der Waals surface area contributed by atoms with E-state index in [0.717, 1.165) is 12.1 Å². The van der Waals surface area contributed by atoms with Crippen LogP contribution in [0, 0.1) is 0 Å². The molecule has 0 radical (unpaired) electrons. The second-order valence-electron chi connectivity index (χ2n) is 4.05. The van der Waals surface area contributed by atoms with Crippen LogP contribution in [0.2, 0.25) is 0 Å². The largest absolute Gasteiger partial charge is 0.437 e. The summed E-state index contributed by atoms with van der Waals surface area (Å²) >= 11 is 0. The molecule has 0 spiro atoms. The van der Waals surface area contributed by atoms with Gasteiger partial charge in [0.1, 0.15) is 0 Å². The summed E-state index contributed by atoms with van der Waals surface area (Å²) in [5.41, 5.74) is -0.0713. The van der Waals surface area contributed by atoms with E-state index in [1.807, 2.05) is 0 Å². The first-order valence-electron chi connectivity index (χ1n) is 5.48. The summed E-state index contributed by atoms with van der Waals surface area (Å²) in [4.78, 5) is 14.9. The van der Waals surface area contributed by atoms with Gasteiger partial charge in [-0.15, -0.1) is 0 Å². The Morgan fingerprint density at radius 3 is 2.37 bits per heavy atom. The number of hydrogen-bond acceptors (Lipinski definition) is 3.